The Morgan fingerprint density at radius 3 is 2.71 bits per heavy atom. The monoisotopic (exact) mass is 236 g/mol. The third kappa shape index (κ3) is 4.36. The Balaban J connectivity index is 1.60. The fourth-order valence-corrected chi connectivity index (χ4v) is 1.82. The van der Waals surface area contributed by atoms with Gasteiger partial charge in [0.05, 0.1) is 6.61 Å². The molecule has 0 bridgehead atoms. The van der Waals surface area contributed by atoms with Gasteiger partial charge in [-0.05, 0) is 38.3 Å². The van der Waals surface area contributed by atoms with Crippen LogP contribution in [0.25, 0.3) is 0 Å². The Labute approximate surface area is 103 Å². The Morgan fingerprint density at radius 2 is 2.00 bits per heavy atom. The lowest BCUT2D eigenvalue weighted by molar-refractivity contribution is -0.165. The predicted molar refractivity (Wildman–Crippen MR) is 66.2 cm³/mol. The van der Waals surface area contributed by atoms with Gasteiger partial charge in [0.2, 0.25) is 0 Å². The molecule has 1 saturated heterocycles. The summed E-state index contributed by atoms with van der Waals surface area (Å²) in [6.07, 6.45) is 3.33. The molecule has 1 atom stereocenters. The van der Waals surface area contributed by atoms with Gasteiger partial charge in [-0.25, -0.2) is 0 Å². The van der Waals surface area contributed by atoms with Gasteiger partial charge in [-0.3, -0.25) is 0 Å². The molecule has 0 aliphatic carbocycles. The molecule has 94 valence electrons. The minimum Gasteiger partial charge on any atom is -0.491 e. The standard InChI is InChI=1S/C14H20O3/c1-12-5-7-13(8-6-12)15-10-11-17-14-4-2-3-9-16-14/h5-8,14H,2-4,9-11H2,1H3/t14-/m1/s1. The fraction of sp³-hybridized carbons (Fsp3) is 0.571. The second-order valence-electron chi connectivity index (χ2n) is 4.33. The highest BCUT2D eigenvalue weighted by Gasteiger charge is 2.13. The zero-order valence-electron chi connectivity index (χ0n) is 10.4. The van der Waals surface area contributed by atoms with Crippen molar-refractivity contribution >= 4 is 0 Å². The van der Waals surface area contributed by atoms with Crippen molar-refractivity contribution in [2.24, 2.45) is 0 Å². The van der Waals surface area contributed by atoms with Gasteiger partial charge in [-0.1, -0.05) is 17.7 Å². The summed E-state index contributed by atoms with van der Waals surface area (Å²) in [4.78, 5) is 0. The minimum atomic E-state index is -0.0228. The molecule has 3 nitrogen and oxygen atoms in total. The van der Waals surface area contributed by atoms with Crippen molar-refractivity contribution in [3.8, 4) is 5.75 Å². The molecular formula is C14H20O3. The Kier molecular flexibility index (Phi) is 4.83. The van der Waals surface area contributed by atoms with Gasteiger partial charge in [0, 0.05) is 6.61 Å². The van der Waals surface area contributed by atoms with Crippen molar-refractivity contribution in [1.29, 1.82) is 0 Å². The van der Waals surface area contributed by atoms with E-state index in [0.29, 0.717) is 13.2 Å². The van der Waals surface area contributed by atoms with Gasteiger partial charge >= 0.3 is 0 Å². The largest absolute Gasteiger partial charge is 0.491 e. The Hall–Kier alpha value is -1.06. The Bertz CT molecular complexity index is 315. The summed E-state index contributed by atoms with van der Waals surface area (Å²) in [6, 6.07) is 8.04. The van der Waals surface area contributed by atoms with E-state index in [4.69, 9.17) is 14.2 Å². The molecule has 0 saturated carbocycles. The highest BCUT2D eigenvalue weighted by atomic mass is 16.7. The van der Waals surface area contributed by atoms with Crippen molar-refractivity contribution in [2.75, 3.05) is 19.8 Å². The van der Waals surface area contributed by atoms with E-state index in [1.807, 2.05) is 24.3 Å². The zero-order chi connectivity index (χ0) is 11.9. The van der Waals surface area contributed by atoms with Crippen molar-refractivity contribution in [2.45, 2.75) is 32.5 Å². The minimum absolute atomic E-state index is 0.0228. The molecule has 2 rings (SSSR count). The van der Waals surface area contributed by atoms with Gasteiger partial charge in [0.25, 0.3) is 0 Å². The molecular weight excluding hydrogens is 216 g/mol. The topological polar surface area (TPSA) is 27.7 Å². The molecule has 0 N–H and O–H groups in total. The normalized spacial score (nSPS) is 20.2. The zero-order valence-corrected chi connectivity index (χ0v) is 10.4. The first-order valence-corrected chi connectivity index (χ1v) is 6.27. The molecule has 17 heavy (non-hydrogen) atoms. The third-order valence-corrected chi connectivity index (χ3v) is 2.81. The lowest BCUT2D eigenvalue weighted by Gasteiger charge is -2.22. The first-order valence-electron chi connectivity index (χ1n) is 6.27. The van der Waals surface area contributed by atoms with Crippen molar-refractivity contribution in [1.82, 2.24) is 0 Å². The molecule has 0 spiro atoms. The summed E-state index contributed by atoms with van der Waals surface area (Å²) in [5, 5.41) is 0. The van der Waals surface area contributed by atoms with Crippen LogP contribution in [0.4, 0.5) is 0 Å². The van der Waals surface area contributed by atoms with Gasteiger partial charge in [-0.15, -0.1) is 0 Å². The molecule has 0 aromatic heterocycles. The van der Waals surface area contributed by atoms with E-state index in [1.54, 1.807) is 0 Å². The van der Waals surface area contributed by atoms with E-state index < -0.39 is 0 Å². The van der Waals surface area contributed by atoms with Crippen molar-refractivity contribution in [3.63, 3.8) is 0 Å². The quantitative estimate of drug-likeness (QED) is 0.736. The van der Waals surface area contributed by atoms with Gasteiger partial charge in [-0.2, -0.15) is 0 Å². The number of rotatable bonds is 5. The smallest absolute Gasteiger partial charge is 0.157 e. The molecule has 0 amide bonds. The number of benzene rings is 1. The van der Waals surface area contributed by atoms with Crippen LogP contribution in [0.3, 0.4) is 0 Å². The van der Waals surface area contributed by atoms with Crippen LogP contribution >= 0.6 is 0 Å². The van der Waals surface area contributed by atoms with Gasteiger partial charge in [0.15, 0.2) is 6.29 Å². The average molecular weight is 236 g/mol. The van der Waals surface area contributed by atoms with Gasteiger partial charge < -0.3 is 14.2 Å². The summed E-state index contributed by atoms with van der Waals surface area (Å²) in [5.41, 5.74) is 1.24. The van der Waals surface area contributed by atoms with Crippen molar-refractivity contribution in [3.05, 3.63) is 29.8 Å². The second kappa shape index (κ2) is 6.62. The van der Waals surface area contributed by atoms with Crippen LogP contribution in [0.5, 0.6) is 5.75 Å². The van der Waals surface area contributed by atoms with E-state index >= 15 is 0 Å². The molecule has 1 aromatic carbocycles. The first-order chi connectivity index (χ1) is 8.34. The highest BCUT2D eigenvalue weighted by molar-refractivity contribution is 5.26. The second-order valence-corrected chi connectivity index (χ2v) is 4.33. The van der Waals surface area contributed by atoms with Crippen LogP contribution in [0.2, 0.25) is 0 Å². The number of ether oxygens (including phenoxy) is 3. The lowest BCUT2D eigenvalue weighted by Crippen LogP contribution is -2.24. The number of hydrogen-bond acceptors (Lipinski definition) is 3. The van der Waals surface area contributed by atoms with Crippen LogP contribution < -0.4 is 4.74 Å². The number of aryl methyl sites for hydroxylation is 1. The highest BCUT2D eigenvalue weighted by Crippen LogP contribution is 2.14. The fourth-order valence-electron chi connectivity index (χ4n) is 1.82. The number of hydrogen-bond donors (Lipinski definition) is 0. The van der Waals surface area contributed by atoms with Crippen LogP contribution in [0.1, 0.15) is 24.8 Å². The maximum atomic E-state index is 5.58. The molecule has 1 fully saturated rings. The molecule has 1 aliphatic rings. The Morgan fingerprint density at radius 1 is 1.18 bits per heavy atom. The van der Waals surface area contributed by atoms with E-state index in [0.717, 1.165) is 25.2 Å². The van der Waals surface area contributed by atoms with Crippen LogP contribution in [-0.4, -0.2) is 26.1 Å². The summed E-state index contributed by atoms with van der Waals surface area (Å²) >= 11 is 0. The first kappa shape index (κ1) is 12.4. The average Bonchev–Trinajstić information content (AvgIpc) is 2.38. The molecule has 0 radical (unpaired) electrons. The van der Waals surface area contributed by atoms with E-state index in [2.05, 4.69) is 6.92 Å². The summed E-state index contributed by atoms with van der Waals surface area (Å²) in [7, 11) is 0. The van der Waals surface area contributed by atoms with E-state index in [-0.39, 0.29) is 6.29 Å². The van der Waals surface area contributed by atoms with E-state index in [1.165, 1.54) is 12.0 Å². The van der Waals surface area contributed by atoms with Gasteiger partial charge in [0.1, 0.15) is 12.4 Å². The van der Waals surface area contributed by atoms with Crippen LogP contribution in [0, 0.1) is 6.92 Å². The molecule has 1 aliphatic heterocycles. The molecule has 1 heterocycles. The van der Waals surface area contributed by atoms with Crippen LogP contribution in [-0.2, 0) is 9.47 Å². The van der Waals surface area contributed by atoms with E-state index in [9.17, 15) is 0 Å². The van der Waals surface area contributed by atoms with Crippen molar-refractivity contribution < 1.29 is 14.2 Å². The van der Waals surface area contributed by atoms with Crippen LogP contribution in [0.15, 0.2) is 24.3 Å². The maximum Gasteiger partial charge on any atom is 0.157 e. The predicted octanol–water partition coefficient (Wildman–Crippen LogP) is 2.92. The summed E-state index contributed by atoms with van der Waals surface area (Å²) in [6.45, 7) is 4.04. The summed E-state index contributed by atoms with van der Waals surface area (Å²) < 4.78 is 16.6. The third-order valence-electron chi connectivity index (χ3n) is 2.81. The molecule has 3 heteroatoms. The summed E-state index contributed by atoms with van der Waals surface area (Å²) in [5.74, 6) is 0.892. The molecule has 1 aromatic rings. The SMILES string of the molecule is Cc1ccc(OCCO[C@@H]2CCCCO2)cc1. The lowest BCUT2D eigenvalue weighted by atomic mass is 10.2. The molecule has 0 unspecified atom stereocenters. The maximum absolute atomic E-state index is 5.58.